The molecule has 0 spiro atoms. The van der Waals surface area contributed by atoms with Crippen molar-refractivity contribution in [2.24, 2.45) is 0 Å². The Labute approximate surface area is 116 Å². The molecule has 1 aromatic carbocycles. The molecule has 0 heterocycles. The topological polar surface area (TPSA) is 78.4 Å². The number of phenols is 1. The van der Waals surface area contributed by atoms with Gasteiger partial charge < -0.3 is 5.11 Å². The van der Waals surface area contributed by atoms with E-state index in [2.05, 4.69) is 9.44 Å². The Morgan fingerprint density at radius 1 is 1.17 bits per heavy atom. The molecule has 3 N–H and O–H groups in total. The van der Waals surface area contributed by atoms with Crippen LogP contribution >= 0.6 is 23.2 Å². The largest absolute Gasteiger partial charge is 0.505 e. The second-order valence-corrected chi connectivity index (χ2v) is 6.98. The lowest BCUT2D eigenvalue weighted by Crippen LogP contribution is -2.43. The first-order valence-corrected chi connectivity index (χ1v) is 7.24. The van der Waals surface area contributed by atoms with E-state index < -0.39 is 15.7 Å². The fourth-order valence-electron chi connectivity index (χ4n) is 1.21. The number of nitrogens with one attached hydrogen (secondary N) is 2. The normalized spacial score (nSPS) is 12.5. The van der Waals surface area contributed by atoms with E-state index in [-0.39, 0.29) is 21.5 Å². The molecule has 5 nitrogen and oxygen atoms in total. The zero-order chi connectivity index (χ0) is 14.1. The minimum Gasteiger partial charge on any atom is -0.505 e. The van der Waals surface area contributed by atoms with Gasteiger partial charge in [-0.25, -0.2) is 0 Å². The predicted octanol–water partition coefficient (Wildman–Crippen LogP) is 2.74. The number of hydrogen-bond donors (Lipinski definition) is 3. The van der Waals surface area contributed by atoms with Gasteiger partial charge >= 0.3 is 0 Å². The zero-order valence-corrected chi connectivity index (χ0v) is 12.4. The van der Waals surface area contributed by atoms with E-state index in [1.807, 2.05) is 0 Å². The van der Waals surface area contributed by atoms with Crippen molar-refractivity contribution in [3.63, 3.8) is 0 Å². The van der Waals surface area contributed by atoms with E-state index in [4.69, 9.17) is 23.2 Å². The number of aromatic hydroxyl groups is 1. The van der Waals surface area contributed by atoms with Gasteiger partial charge in [-0.15, -0.1) is 0 Å². The summed E-state index contributed by atoms with van der Waals surface area (Å²) >= 11 is 11.4. The summed E-state index contributed by atoms with van der Waals surface area (Å²) in [5.74, 6) is -0.287. The van der Waals surface area contributed by atoms with Crippen molar-refractivity contribution in [1.82, 2.24) is 4.72 Å². The summed E-state index contributed by atoms with van der Waals surface area (Å²) in [7, 11) is -3.74. The standard InChI is InChI=1S/C10H14Cl2N2O3S/c1-10(2,3)14-18(16,17)13-6-4-7(11)9(15)8(12)5-6/h4-5,13-15H,1-3H3. The van der Waals surface area contributed by atoms with Gasteiger partial charge in [-0.05, 0) is 32.9 Å². The monoisotopic (exact) mass is 312 g/mol. The molecule has 0 unspecified atom stereocenters. The molecule has 1 aromatic rings. The van der Waals surface area contributed by atoms with Crippen molar-refractivity contribution >= 4 is 39.1 Å². The quantitative estimate of drug-likeness (QED) is 0.751. The molecule has 0 atom stereocenters. The van der Waals surface area contributed by atoms with Gasteiger partial charge in [0.2, 0.25) is 0 Å². The molecular weight excluding hydrogens is 299 g/mol. The highest BCUT2D eigenvalue weighted by molar-refractivity contribution is 7.90. The molecule has 0 aliphatic heterocycles. The molecule has 0 fully saturated rings. The maximum atomic E-state index is 11.8. The van der Waals surface area contributed by atoms with E-state index in [0.29, 0.717) is 0 Å². The van der Waals surface area contributed by atoms with Crippen LogP contribution in [0.15, 0.2) is 12.1 Å². The van der Waals surface area contributed by atoms with Crippen molar-refractivity contribution in [1.29, 1.82) is 0 Å². The predicted molar refractivity (Wildman–Crippen MR) is 73.6 cm³/mol. The van der Waals surface area contributed by atoms with Crippen LogP contribution in [0.25, 0.3) is 0 Å². The van der Waals surface area contributed by atoms with Crippen molar-refractivity contribution in [2.75, 3.05) is 4.72 Å². The van der Waals surface area contributed by atoms with E-state index in [1.54, 1.807) is 20.8 Å². The number of rotatable bonds is 3. The smallest absolute Gasteiger partial charge is 0.299 e. The second-order valence-electron chi connectivity index (χ2n) is 4.75. The number of hydrogen-bond acceptors (Lipinski definition) is 3. The van der Waals surface area contributed by atoms with Crippen molar-refractivity contribution in [3.05, 3.63) is 22.2 Å². The van der Waals surface area contributed by atoms with Crippen LogP contribution in [-0.4, -0.2) is 19.1 Å². The third-order valence-electron chi connectivity index (χ3n) is 1.71. The highest BCUT2D eigenvalue weighted by Gasteiger charge is 2.20. The molecule has 0 aliphatic carbocycles. The van der Waals surface area contributed by atoms with Crippen LogP contribution in [0.5, 0.6) is 5.75 Å². The Hall–Kier alpha value is -0.690. The average molecular weight is 313 g/mol. The minimum atomic E-state index is -3.74. The number of benzene rings is 1. The van der Waals surface area contributed by atoms with Gasteiger partial charge in [-0.1, -0.05) is 23.2 Å². The summed E-state index contributed by atoms with van der Waals surface area (Å²) in [5.41, 5.74) is -0.448. The van der Waals surface area contributed by atoms with Gasteiger partial charge in [-0.3, -0.25) is 4.72 Å². The lowest BCUT2D eigenvalue weighted by Gasteiger charge is -2.21. The van der Waals surface area contributed by atoms with E-state index in [1.165, 1.54) is 12.1 Å². The molecule has 18 heavy (non-hydrogen) atoms. The van der Waals surface area contributed by atoms with Crippen LogP contribution in [0.3, 0.4) is 0 Å². The second kappa shape index (κ2) is 5.13. The minimum absolute atomic E-state index is 0.0315. The Bertz CT molecular complexity index is 530. The number of anilines is 1. The molecule has 0 aromatic heterocycles. The van der Waals surface area contributed by atoms with Crippen LogP contribution in [0, 0.1) is 0 Å². The molecular formula is C10H14Cl2N2O3S. The summed E-state index contributed by atoms with van der Waals surface area (Å²) < 4.78 is 28.2. The third-order valence-corrected chi connectivity index (χ3v) is 3.67. The molecule has 0 aliphatic rings. The summed E-state index contributed by atoms with van der Waals surface area (Å²) in [6, 6.07) is 2.54. The lowest BCUT2D eigenvalue weighted by atomic mass is 10.1. The zero-order valence-electron chi connectivity index (χ0n) is 10.1. The van der Waals surface area contributed by atoms with E-state index in [9.17, 15) is 13.5 Å². The van der Waals surface area contributed by atoms with Crippen LogP contribution in [0.2, 0.25) is 10.0 Å². The summed E-state index contributed by atoms with van der Waals surface area (Å²) in [5, 5.41) is 9.30. The molecule has 0 saturated heterocycles. The van der Waals surface area contributed by atoms with Crippen LogP contribution in [0.1, 0.15) is 20.8 Å². The Balaban J connectivity index is 2.99. The van der Waals surface area contributed by atoms with E-state index >= 15 is 0 Å². The Morgan fingerprint density at radius 3 is 2.00 bits per heavy atom. The maximum Gasteiger partial charge on any atom is 0.299 e. The number of halogens is 2. The molecule has 0 radical (unpaired) electrons. The molecule has 102 valence electrons. The number of phenolic OH excluding ortho intramolecular Hbond substituents is 1. The highest BCUT2D eigenvalue weighted by atomic mass is 35.5. The highest BCUT2D eigenvalue weighted by Crippen LogP contribution is 2.34. The van der Waals surface area contributed by atoms with Crippen LogP contribution < -0.4 is 9.44 Å². The molecule has 8 heteroatoms. The fraction of sp³-hybridized carbons (Fsp3) is 0.400. The third kappa shape index (κ3) is 4.53. The summed E-state index contributed by atoms with van der Waals surface area (Å²) in [6.07, 6.45) is 0. The van der Waals surface area contributed by atoms with Crippen molar-refractivity contribution in [3.8, 4) is 5.75 Å². The van der Waals surface area contributed by atoms with E-state index in [0.717, 1.165) is 0 Å². The Kier molecular flexibility index (Phi) is 4.38. The summed E-state index contributed by atoms with van der Waals surface area (Å²) in [6.45, 7) is 5.13. The average Bonchev–Trinajstić information content (AvgIpc) is 2.08. The lowest BCUT2D eigenvalue weighted by molar-refractivity contribution is 0.476. The first-order valence-electron chi connectivity index (χ1n) is 5.00. The fourth-order valence-corrected chi connectivity index (χ4v) is 2.98. The first-order chi connectivity index (χ1) is 8.00. The SMILES string of the molecule is CC(C)(C)NS(=O)(=O)Nc1cc(Cl)c(O)c(Cl)c1. The van der Waals surface area contributed by atoms with Crippen LogP contribution in [-0.2, 0) is 10.2 Å². The summed E-state index contributed by atoms with van der Waals surface area (Å²) in [4.78, 5) is 0. The van der Waals surface area contributed by atoms with Gasteiger partial charge in [0.1, 0.15) is 0 Å². The molecule has 0 bridgehead atoms. The van der Waals surface area contributed by atoms with Gasteiger partial charge in [0.15, 0.2) is 5.75 Å². The van der Waals surface area contributed by atoms with Gasteiger partial charge in [0, 0.05) is 5.54 Å². The van der Waals surface area contributed by atoms with Crippen LogP contribution in [0.4, 0.5) is 5.69 Å². The molecule has 0 saturated carbocycles. The maximum absolute atomic E-state index is 11.8. The van der Waals surface area contributed by atoms with Gasteiger partial charge in [-0.2, -0.15) is 13.1 Å². The van der Waals surface area contributed by atoms with Crippen molar-refractivity contribution < 1.29 is 13.5 Å². The first kappa shape index (κ1) is 15.4. The molecule has 1 rings (SSSR count). The van der Waals surface area contributed by atoms with Gasteiger partial charge in [0.05, 0.1) is 15.7 Å². The molecule has 0 amide bonds. The Morgan fingerprint density at radius 2 is 1.61 bits per heavy atom. The van der Waals surface area contributed by atoms with Crippen molar-refractivity contribution in [2.45, 2.75) is 26.3 Å². The van der Waals surface area contributed by atoms with Gasteiger partial charge in [0.25, 0.3) is 10.2 Å².